The van der Waals surface area contributed by atoms with Crippen LogP contribution in [0.1, 0.15) is 126 Å². The average molecular weight is 444 g/mol. The molecule has 0 aromatic heterocycles. The molecule has 0 N–H and O–H groups in total. The minimum Gasteiger partial charge on any atom is -0.379 e. The van der Waals surface area contributed by atoms with Crippen LogP contribution < -0.4 is 0 Å². The second kappa shape index (κ2) is 18.1. The monoisotopic (exact) mass is 443 g/mol. The largest absolute Gasteiger partial charge is 0.379 e. The number of ether oxygens (including phenoxy) is 1. The highest BCUT2D eigenvalue weighted by atomic mass is 16.5. The van der Waals surface area contributed by atoms with E-state index in [0.717, 1.165) is 25.7 Å². The first-order chi connectivity index (χ1) is 15.1. The first-order valence-electron chi connectivity index (χ1n) is 12.9. The Morgan fingerprint density at radius 1 is 0.562 bits per heavy atom. The summed E-state index contributed by atoms with van der Waals surface area (Å²) in [5, 5.41) is 0. The van der Waals surface area contributed by atoms with Gasteiger partial charge in [0.05, 0.1) is 5.60 Å². The molecule has 32 heavy (non-hydrogen) atoms. The molecule has 0 bridgehead atoms. The molecule has 0 aromatic rings. The molecule has 0 aliphatic carbocycles. The maximum absolute atomic E-state index is 5.51. The summed E-state index contributed by atoms with van der Waals surface area (Å²) in [4.78, 5) is 0. The van der Waals surface area contributed by atoms with Gasteiger partial charge in [0, 0.05) is 7.11 Å². The van der Waals surface area contributed by atoms with E-state index in [1.807, 2.05) is 7.11 Å². The summed E-state index contributed by atoms with van der Waals surface area (Å²) in [5.74, 6) is 0. The zero-order valence-electron chi connectivity index (χ0n) is 23.1. The summed E-state index contributed by atoms with van der Waals surface area (Å²) in [6, 6.07) is 0. The van der Waals surface area contributed by atoms with Crippen molar-refractivity contribution in [3.05, 3.63) is 58.2 Å². The zero-order chi connectivity index (χ0) is 24.4. The van der Waals surface area contributed by atoms with E-state index < -0.39 is 0 Å². The van der Waals surface area contributed by atoms with E-state index in [4.69, 9.17) is 4.74 Å². The van der Waals surface area contributed by atoms with Gasteiger partial charge in [-0.1, -0.05) is 58.2 Å². The molecule has 184 valence electrons. The van der Waals surface area contributed by atoms with Gasteiger partial charge >= 0.3 is 0 Å². The third-order valence-corrected chi connectivity index (χ3v) is 6.21. The fourth-order valence-corrected chi connectivity index (χ4v) is 3.64. The van der Waals surface area contributed by atoms with Crippen molar-refractivity contribution in [2.45, 2.75) is 132 Å². The summed E-state index contributed by atoms with van der Waals surface area (Å²) >= 11 is 0. The van der Waals surface area contributed by atoms with Crippen molar-refractivity contribution in [2.75, 3.05) is 7.11 Å². The van der Waals surface area contributed by atoms with E-state index >= 15 is 0 Å². The SMILES string of the molecule is CC(C)=CCC/C(C)=C/CC/C(C)=C/CC/C=C(\C)CC/C=C(\C)CCCC(C)(C)O[13CH3]. The first-order valence-corrected chi connectivity index (χ1v) is 12.9. The van der Waals surface area contributed by atoms with Gasteiger partial charge in [0.15, 0.2) is 0 Å². The molecule has 0 spiro atoms. The normalized spacial score (nSPS) is 14.2. The minimum atomic E-state index is 0.00732. The van der Waals surface area contributed by atoms with Gasteiger partial charge in [0.1, 0.15) is 0 Å². The lowest BCUT2D eigenvalue weighted by Gasteiger charge is -2.22. The number of allylic oxidation sites excluding steroid dienone is 10. The maximum atomic E-state index is 5.51. The predicted octanol–water partition coefficient (Wildman–Crippen LogP) is 10.5. The summed E-state index contributed by atoms with van der Waals surface area (Å²) in [7, 11) is 1.81. The maximum Gasteiger partial charge on any atom is 0.0622 e. The van der Waals surface area contributed by atoms with E-state index in [0.29, 0.717) is 0 Å². The molecule has 1 heteroatoms. The van der Waals surface area contributed by atoms with Crippen LogP contribution in [0, 0.1) is 0 Å². The topological polar surface area (TPSA) is 9.23 Å². The summed E-state index contributed by atoms with van der Waals surface area (Å²) in [6.07, 6.45) is 25.0. The minimum absolute atomic E-state index is 0.00732. The first kappa shape index (κ1) is 30.7. The Kier molecular flexibility index (Phi) is 17.4. The van der Waals surface area contributed by atoms with Gasteiger partial charge in [-0.25, -0.2) is 0 Å². The van der Waals surface area contributed by atoms with E-state index in [1.54, 1.807) is 0 Å². The summed E-state index contributed by atoms with van der Waals surface area (Å²) in [6.45, 7) is 17.8. The highest BCUT2D eigenvalue weighted by Crippen LogP contribution is 2.19. The average Bonchev–Trinajstić information content (AvgIpc) is 2.71. The second-order valence-corrected chi connectivity index (χ2v) is 10.5. The number of methoxy groups -OCH3 is 1. The molecule has 0 rings (SSSR count). The van der Waals surface area contributed by atoms with E-state index in [-0.39, 0.29) is 5.60 Å². The molecule has 0 aliphatic heterocycles. The van der Waals surface area contributed by atoms with Crippen molar-refractivity contribution < 1.29 is 4.74 Å². The standard InChI is InChI=1S/C31H54O/c1-26(2)16-12-19-29(5)22-13-20-27(3)17-10-11-18-28(4)21-14-23-30(6)24-15-25-31(7,8)32-9/h16-18,22-23H,10-15,19-21,24-25H2,1-9H3/b27-17+,28-18+,29-22+,30-23+/i9+1. The third kappa shape index (κ3) is 19.4. The van der Waals surface area contributed by atoms with Crippen molar-refractivity contribution in [1.29, 1.82) is 0 Å². The molecular weight excluding hydrogens is 389 g/mol. The fraction of sp³-hybridized carbons (Fsp3) is 0.677. The van der Waals surface area contributed by atoms with Crippen LogP contribution >= 0.6 is 0 Å². The smallest absolute Gasteiger partial charge is 0.0622 e. The van der Waals surface area contributed by atoms with Crippen LogP contribution in [0.25, 0.3) is 0 Å². The Hall–Kier alpha value is -1.34. The van der Waals surface area contributed by atoms with Crippen molar-refractivity contribution >= 4 is 0 Å². The molecule has 0 saturated carbocycles. The number of hydrogen-bond donors (Lipinski definition) is 0. The van der Waals surface area contributed by atoms with Gasteiger partial charge in [-0.2, -0.15) is 0 Å². The molecule has 0 radical (unpaired) electrons. The Labute approximate surface area is 201 Å². The predicted molar refractivity (Wildman–Crippen MR) is 146 cm³/mol. The van der Waals surface area contributed by atoms with Crippen LogP contribution in [0.4, 0.5) is 0 Å². The second-order valence-electron chi connectivity index (χ2n) is 10.5. The third-order valence-electron chi connectivity index (χ3n) is 6.21. The van der Waals surface area contributed by atoms with Crippen LogP contribution in [0.15, 0.2) is 58.2 Å². The Morgan fingerprint density at radius 2 is 0.938 bits per heavy atom. The fourth-order valence-electron chi connectivity index (χ4n) is 3.64. The van der Waals surface area contributed by atoms with E-state index in [1.165, 1.54) is 72.8 Å². The molecule has 0 amide bonds. The molecule has 0 unspecified atom stereocenters. The van der Waals surface area contributed by atoms with Gasteiger partial charge < -0.3 is 4.74 Å². The van der Waals surface area contributed by atoms with Crippen molar-refractivity contribution in [3.8, 4) is 0 Å². The van der Waals surface area contributed by atoms with Crippen molar-refractivity contribution in [2.24, 2.45) is 0 Å². The lowest BCUT2D eigenvalue weighted by molar-refractivity contribution is 0.0140. The van der Waals surface area contributed by atoms with Gasteiger partial charge in [-0.05, 0) is 126 Å². The molecule has 0 fully saturated rings. The highest BCUT2D eigenvalue weighted by molar-refractivity contribution is 5.07. The quantitative estimate of drug-likeness (QED) is 0.123. The van der Waals surface area contributed by atoms with Crippen LogP contribution in [0.2, 0.25) is 0 Å². The molecule has 0 aromatic carbocycles. The lowest BCUT2D eigenvalue weighted by atomic mass is 9.98. The number of hydrogen-bond acceptors (Lipinski definition) is 1. The van der Waals surface area contributed by atoms with Gasteiger partial charge in [0.2, 0.25) is 0 Å². The van der Waals surface area contributed by atoms with Gasteiger partial charge in [-0.3, -0.25) is 0 Å². The number of unbranched alkanes of at least 4 members (excludes halogenated alkanes) is 1. The van der Waals surface area contributed by atoms with Gasteiger partial charge in [0.25, 0.3) is 0 Å². The summed E-state index contributed by atoms with van der Waals surface area (Å²) in [5.41, 5.74) is 7.52. The van der Waals surface area contributed by atoms with Crippen LogP contribution in [-0.4, -0.2) is 12.7 Å². The van der Waals surface area contributed by atoms with E-state index in [9.17, 15) is 0 Å². The van der Waals surface area contributed by atoms with Crippen LogP contribution in [-0.2, 0) is 4.74 Å². The van der Waals surface area contributed by atoms with Crippen molar-refractivity contribution in [1.82, 2.24) is 0 Å². The molecule has 0 atom stereocenters. The molecule has 0 heterocycles. The Bertz CT molecular complexity index is 648. The number of rotatable bonds is 17. The Morgan fingerprint density at radius 3 is 1.34 bits per heavy atom. The molecule has 0 aliphatic rings. The summed E-state index contributed by atoms with van der Waals surface area (Å²) < 4.78 is 5.51. The molecule has 0 saturated heterocycles. The van der Waals surface area contributed by atoms with Crippen LogP contribution in [0.5, 0.6) is 0 Å². The van der Waals surface area contributed by atoms with Crippen LogP contribution in [0.3, 0.4) is 0 Å². The molecular formula is C31H54O. The van der Waals surface area contributed by atoms with Crippen molar-refractivity contribution in [3.63, 3.8) is 0 Å². The zero-order valence-corrected chi connectivity index (χ0v) is 23.1. The highest BCUT2D eigenvalue weighted by Gasteiger charge is 2.14. The van der Waals surface area contributed by atoms with Gasteiger partial charge in [-0.15, -0.1) is 0 Å². The molecule has 1 nitrogen and oxygen atoms in total. The lowest BCUT2D eigenvalue weighted by Crippen LogP contribution is -2.21. The van der Waals surface area contributed by atoms with E-state index in [2.05, 4.69) is 85.8 Å². The Balaban J connectivity index is 4.06.